The number of rotatable bonds is 0. The van der Waals surface area contributed by atoms with Crippen molar-refractivity contribution in [2.75, 3.05) is 0 Å². The van der Waals surface area contributed by atoms with Crippen LogP contribution in [0.15, 0.2) is 24.7 Å². The fourth-order valence-corrected chi connectivity index (χ4v) is 1.34. The molecule has 2 rings (SSSR count). The van der Waals surface area contributed by atoms with Crippen molar-refractivity contribution in [1.29, 1.82) is 0 Å². The lowest BCUT2D eigenvalue weighted by molar-refractivity contribution is 0.964. The van der Waals surface area contributed by atoms with Crippen molar-refractivity contribution in [3.8, 4) is 12.3 Å². The molecule has 2 aromatic rings. The standard InChI is InChI=1S/C10H8N2/c1-3-8-7-12(2)10-6-11-5-4-9(8)10/h1,4-7H,2H3. The van der Waals surface area contributed by atoms with Crippen molar-refractivity contribution in [2.24, 2.45) is 7.05 Å². The topological polar surface area (TPSA) is 17.8 Å². The van der Waals surface area contributed by atoms with E-state index in [0.717, 1.165) is 16.5 Å². The normalized spacial score (nSPS) is 10.0. The van der Waals surface area contributed by atoms with Gasteiger partial charge in [0.05, 0.1) is 11.7 Å². The minimum absolute atomic E-state index is 0.926. The fraction of sp³-hybridized carbons (Fsp3) is 0.100. The Balaban J connectivity index is 2.94. The molecule has 0 saturated heterocycles. The van der Waals surface area contributed by atoms with Crippen LogP contribution >= 0.6 is 0 Å². The molecule has 2 heteroatoms. The van der Waals surface area contributed by atoms with Crippen molar-refractivity contribution in [2.45, 2.75) is 0 Å². The molecule has 0 aromatic carbocycles. The Bertz CT molecular complexity index is 460. The molecule has 2 nitrogen and oxygen atoms in total. The Kier molecular flexibility index (Phi) is 1.38. The highest BCUT2D eigenvalue weighted by Gasteiger charge is 2.02. The number of hydrogen-bond acceptors (Lipinski definition) is 1. The van der Waals surface area contributed by atoms with E-state index < -0.39 is 0 Å². The molecular weight excluding hydrogens is 148 g/mol. The van der Waals surface area contributed by atoms with Gasteiger partial charge in [0.2, 0.25) is 0 Å². The first-order valence-corrected chi connectivity index (χ1v) is 3.68. The lowest BCUT2D eigenvalue weighted by atomic mass is 10.2. The zero-order valence-electron chi connectivity index (χ0n) is 6.78. The highest BCUT2D eigenvalue weighted by atomic mass is 14.9. The van der Waals surface area contributed by atoms with Crippen LogP contribution in [0.1, 0.15) is 5.56 Å². The molecular formula is C10H8N2. The van der Waals surface area contributed by atoms with Gasteiger partial charge in [-0.05, 0) is 6.07 Å². The Labute approximate surface area is 70.8 Å². The molecule has 0 fully saturated rings. The molecule has 12 heavy (non-hydrogen) atoms. The molecule has 0 N–H and O–H groups in total. The van der Waals surface area contributed by atoms with E-state index in [9.17, 15) is 0 Å². The van der Waals surface area contributed by atoms with Crippen LogP contribution < -0.4 is 0 Å². The van der Waals surface area contributed by atoms with Crippen LogP contribution in [0.25, 0.3) is 10.9 Å². The summed E-state index contributed by atoms with van der Waals surface area (Å²) in [5, 5.41) is 1.09. The summed E-state index contributed by atoms with van der Waals surface area (Å²) in [4.78, 5) is 4.03. The Morgan fingerprint density at radius 3 is 3.17 bits per heavy atom. The maximum absolute atomic E-state index is 5.35. The fourth-order valence-electron chi connectivity index (χ4n) is 1.34. The second kappa shape index (κ2) is 2.38. The molecule has 0 atom stereocenters. The molecule has 0 saturated carbocycles. The maximum Gasteiger partial charge on any atom is 0.0677 e. The van der Waals surface area contributed by atoms with E-state index in [1.807, 2.05) is 30.1 Å². The number of aryl methyl sites for hydroxylation is 1. The Morgan fingerprint density at radius 2 is 2.42 bits per heavy atom. The number of aromatic nitrogens is 2. The van der Waals surface area contributed by atoms with Crippen molar-refractivity contribution in [3.05, 3.63) is 30.2 Å². The van der Waals surface area contributed by atoms with E-state index in [1.54, 1.807) is 6.20 Å². The SMILES string of the molecule is C#Cc1cn(C)c2cnccc12. The zero-order chi connectivity index (χ0) is 8.55. The third-order valence-electron chi connectivity index (χ3n) is 1.95. The van der Waals surface area contributed by atoms with Crippen molar-refractivity contribution < 1.29 is 0 Å². The maximum atomic E-state index is 5.35. The summed E-state index contributed by atoms with van der Waals surface area (Å²) >= 11 is 0. The monoisotopic (exact) mass is 156 g/mol. The smallest absolute Gasteiger partial charge is 0.0677 e. The summed E-state index contributed by atoms with van der Waals surface area (Å²) in [5.74, 6) is 2.64. The van der Waals surface area contributed by atoms with Crippen LogP contribution in [0.4, 0.5) is 0 Å². The third-order valence-corrected chi connectivity index (χ3v) is 1.95. The summed E-state index contributed by atoms with van der Waals surface area (Å²) in [5.41, 5.74) is 2.00. The van der Waals surface area contributed by atoms with Crippen LogP contribution in [0.5, 0.6) is 0 Å². The molecule has 0 aliphatic heterocycles. The summed E-state index contributed by atoms with van der Waals surface area (Å²) in [6, 6.07) is 1.94. The van der Waals surface area contributed by atoms with Gasteiger partial charge in [-0.2, -0.15) is 0 Å². The van der Waals surface area contributed by atoms with Gasteiger partial charge in [-0.3, -0.25) is 4.98 Å². The van der Waals surface area contributed by atoms with Crippen LogP contribution in [0, 0.1) is 12.3 Å². The van der Waals surface area contributed by atoms with Crippen LogP contribution in [0.2, 0.25) is 0 Å². The first kappa shape index (κ1) is 6.93. The predicted octanol–water partition coefficient (Wildman–Crippen LogP) is 1.55. The van der Waals surface area contributed by atoms with Gasteiger partial charge in [0.15, 0.2) is 0 Å². The molecule has 2 aromatic heterocycles. The van der Waals surface area contributed by atoms with Gasteiger partial charge in [0.25, 0.3) is 0 Å². The molecule has 0 aliphatic carbocycles. The number of terminal acetylenes is 1. The molecule has 2 heterocycles. The van der Waals surface area contributed by atoms with Gasteiger partial charge in [0, 0.05) is 30.4 Å². The lowest BCUT2D eigenvalue weighted by Gasteiger charge is -1.91. The summed E-state index contributed by atoms with van der Waals surface area (Å²) in [7, 11) is 1.96. The van der Waals surface area contributed by atoms with Crippen LogP contribution in [0.3, 0.4) is 0 Å². The van der Waals surface area contributed by atoms with Gasteiger partial charge in [-0.15, -0.1) is 6.42 Å². The number of nitrogens with zero attached hydrogens (tertiary/aromatic N) is 2. The van der Waals surface area contributed by atoms with Crippen molar-refractivity contribution >= 4 is 10.9 Å². The van der Waals surface area contributed by atoms with E-state index >= 15 is 0 Å². The van der Waals surface area contributed by atoms with Crippen LogP contribution in [-0.4, -0.2) is 9.55 Å². The molecule has 0 radical (unpaired) electrons. The van der Waals surface area contributed by atoms with E-state index in [4.69, 9.17) is 6.42 Å². The predicted molar refractivity (Wildman–Crippen MR) is 48.6 cm³/mol. The highest BCUT2D eigenvalue weighted by molar-refractivity contribution is 5.85. The minimum atomic E-state index is 0.926. The molecule has 0 spiro atoms. The summed E-state index contributed by atoms with van der Waals surface area (Å²) < 4.78 is 1.98. The molecule has 0 aliphatic rings. The average Bonchev–Trinajstić information content (AvgIpc) is 2.44. The minimum Gasteiger partial charge on any atom is -0.348 e. The second-order valence-corrected chi connectivity index (χ2v) is 2.69. The van der Waals surface area contributed by atoms with E-state index in [-0.39, 0.29) is 0 Å². The lowest BCUT2D eigenvalue weighted by Crippen LogP contribution is -1.83. The number of pyridine rings is 1. The Morgan fingerprint density at radius 1 is 1.58 bits per heavy atom. The first-order chi connectivity index (χ1) is 5.83. The highest BCUT2D eigenvalue weighted by Crippen LogP contribution is 2.17. The van der Waals surface area contributed by atoms with Gasteiger partial charge < -0.3 is 4.57 Å². The quantitative estimate of drug-likeness (QED) is 0.529. The molecule has 0 bridgehead atoms. The van der Waals surface area contributed by atoms with E-state index in [2.05, 4.69) is 10.9 Å². The largest absolute Gasteiger partial charge is 0.348 e. The van der Waals surface area contributed by atoms with E-state index in [1.165, 1.54) is 0 Å². The van der Waals surface area contributed by atoms with E-state index in [0.29, 0.717) is 0 Å². The van der Waals surface area contributed by atoms with Gasteiger partial charge in [-0.1, -0.05) is 5.92 Å². The first-order valence-electron chi connectivity index (χ1n) is 3.68. The molecule has 0 amide bonds. The van der Waals surface area contributed by atoms with Gasteiger partial charge in [0.1, 0.15) is 0 Å². The third kappa shape index (κ3) is 0.802. The second-order valence-electron chi connectivity index (χ2n) is 2.69. The average molecular weight is 156 g/mol. The van der Waals surface area contributed by atoms with Gasteiger partial charge >= 0.3 is 0 Å². The summed E-state index contributed by atoms with van der Waals surface area (Å²) in [6.07, 6.45) is 10.9. The molecule has 58 valence electrons. The number of hydrogen-bond donors (Lipinski definition) is 0. The summed E-state index contributed by atoms with van der Waals surface area (Å²) in [6.45, 7) is 0. The Hall–Kier alpha value is -1.75. The number of fused-ring (bicyclic) bond motifs is 1. The van der Waals surface area contributed by atoms with Crippen molar-refractivity contribution in [1.82, 2.24) is 9.55 Å². The van der Waals surface area contributed by atoms with Gasteiger partial charge in [-0.25, -0.2) is 0 Å². The zero-order valence-corrected chi connectivity index (χ0v) is 6.78. The molecule has 0 unspecified atom stereocenters. The van der Waals surface area contributed by atoms with Crippen LogP contribution in [-0.2, 0) is 7.05 Å². The van der Waals surface area contributed by atoms with Crippen molar-refractivity contribution in [3.63, 3.8) is 0 Å².